The van der Waals surface area contributed by atoms with E-state index in [4.69, 9.17) is 0 Å². The van der Waals surface area contributed by atoms with Gasteiger partial charge < -0.3 is 4.90 Å². The van der Waals surface area contributed by atoms with E-state index in [1.165, 1.54) is 12.1 Å². The lowest BCUT2D eigenvalue weighted by Gasteiger charge is -2.12. The average molecular weight is 221 g/mol. The van der Waals surface area contributed by atoms with Gasteiger partial charge in [-0.3, -0.25) is 4.79 Å². The highest BCUT2D eigenvalue weighted by Crippen LogP contribution is 2.29. The molecule has 3 heteroatoms. The number of carbonyl (C=O) groups excluding carboxylic acids is 1. The van der Waals surface area contributed by atoms with Gasteiger partial charge in [-0.15, -0.1) is 0 Å². The van der Waals surface area contributed by atoms with Crippen molar-refractivity contribution in [3.8, 4) is 0 Å². The second-order valence-corrected chi connectivity index (χ2v) is 4.66. The zero-order chi connectivity index (χ0) is 11.7. The number of rotatable bonds is 3. The number of Topliss-reactive ketones (excluding diaryl/α,β-unsaturated/α-hetero) is 1. The zero-order valence-corrected chi connectivity index (χ0v) is 9.66. The number of halogens is 1. The Balaban J connectivity index is 2.11. The molecular formula is C13H16FNO. The maximum atomic E-state index is 13.0. The molecule has 1 aromatic carbocycles. The van der Waals surface area contributed by atoms with E-state index < -0.39 is 0 Å². The van der Waals surface area contributed by atoms with E-state index >= 15 is 0 Å². The summed E-state index contributed by atoms with van der Waals surface area (Å²) in [6.07, 6.45) is 1.54. The third kappa shape index (κ3) is 2.14. The second kappa shape index (κ2) is 4.34. The minimum atomic E-state index is -0.250. The summed E-state index contributed by atoms with van der Waals surface area (Å²) in [4.78, 5) is 14.0. The predicted octanol–water partition coefficient (Wildman–Crippen LogP) is 2.13. The van der Waals surface area contributed by atoms with Crippen molar-refractivity contribution in [3.05, 3.63) is 35.1 Å². The van der Waals surface area contributed by atoms with Crippen LogP contribution in [0.25, 0.3) is 0 Å². The molecule has 0 saturated carbocycles. The fourth-order valence-electron chi connectivity index (χ4n) is 2.20. The number of ketones is 1. The molecule has 0 N–H and O–H groups in total. The van der Waals surface area contributed by atoms with Crippen LogP contribution in [0.1, 0.15) is 22.3 Å². The first-order valence-electron chi connectivity index (χ1n) is 5.55. The lowest BCUT2D eigenvalue weighted by molar-refractivity contribution is 0.0925. The second-order valence-electron chi connectivity index (χ2n) is 4.66. The van der Waals surface area contributed by atoms with Crippen molar-refractivity contribution < 1.29 is 9.18 Å². The Morgan fingerprint density at radius 3 is 2.88 bits per heavy atom. The van der Waals surface area contributed by atoms with Crippen LogP contribution >= 0.6 is 0 Å². The van der Waals surface area contributed by atoms with Crippen LogP contribution in [0.2, 0.25) is 0 Å². The minimum absolute atomic E-state index is 0.0409. The smallest absolute Gasteiger partial charge is 0.166 e. The van der Waals surface area contributed by atoms with Crippen molar-refractivity contribution in [3.63, 3.8) is 0 Å². The summed E-state index contributed by atoms with van der Waals surface area (Å²) in [6.45, 7) is 0.896. The van der Waals surface area contributed by atoms with Gasteiger partial charge in [-0.2, -0.15) is 0 Å². The molecule has 0 fully saturated rings. The van der Waals surface area contributed by atoms with Gasteiger partial charge in [0.15, 0.2) is 5.78 Å². The van der Waals surface area contributed by atoms with Crippen LogP contribution in [0, 0.1) is 11.7 Å². The molecular weight excluding hydrogens is 205 g/mol. The maximum Gasteiger partial charge on any atom is 0.166 e. The van der Waals surface area contributed by atoms with Gasteiger partial charge in [0, 0.05) is 11.5 Å². The summed E-state index contributed by atoms with van der Waals surface area (Å²) in [5, 5.41) is 0. The summed E-state index contributed by atoms with van der Waals surface area (Å²) in [5.41, 5.74) is 1.58. The number of hydrogen-bond donors (Lipinski definition) is 0. The Bertz CT molecular complexity index is 414. The third-order valence-electron chi connectivity index (χ3n) is 3.09. The highest BCUT2D eigenvalue weighted by molar-refractivity contribution is 6.02. The average Bonchev–Trinajstić information content (AvgIpc) is 2.52. The maximum absolute atomic E-state index is 13.0. The quantitative estimate of drug-likeness (QED) is 0.779. The van der Waals surface area contributed by atoms with E-state index in [0.717, 1.165) is 18.5 Å². The van der Waals surface area contributed by atoms with Gasteiger partial charge in [0.05, 0.1) is 0 Å². The first-order chi connectivity index (χ1) is 7.58. The van der Waals surface area contributed by atoms with Crippen molar-refractivity contribution >= 4 is 5.78 Å². The third-order valence-corrected chi connectivity index (χ3v) is 3.09. The van der Waals surface area contributed by atoms with Crippen LogP contribution in [-0.2, 0) is 6.42 Å². The van der Waals surface area contributed by atoms with Crippen LogP contribution in [0.5, 0.6) is 0 Å². The lowest BCUT2D eigenvalue weighted by Crippen LogP contribution is -2.19. The van der Waals surface area contributed by atoms with Gasteiger partial charge >= 0.3 is 0 Å². The van der Waals surface area contributed by atoms with E-state index in [2.05, 4.69) is 4.90 Å². The number of carbonyl (C=O) groups is 1. The van der Waals surface area contributed by atoms with Crippen molar-refractivity contribution in [1.82, 2.24) is 4.90 Å². The first-order valence-corrected chi connectivity index (χ1v) is 5.55. The molecule has 0 saturated heterocycles. The molecule has 1 aliphatic rings. The molecule has 2 rings (SSSR count). The molecule has 2 nitrogen and oxygen atoms in total. The molecule has 16 heavy (non-hydrogen) atoms. The first kappa shape index (κ1) is 11.3. The van der Waals surface area contributed by atoms with Gasteiger partial charge in [0.2, 0.25) is 0 Å². The molecule has 0 aliphatic heterocycles. The summed E-state index contributed by atoms with van der Waals surface area (Å²) in [7, 11) is 3.98. The van der Waals surface area contributed by atoms with Crippen LogP contribution in [0.4, 0.5) is 4.39 Å². The van der Waals surface area contributed by atoms with E-state index in [0.29, 0.717) is 12.0 Å². The van der Waals surface area contributed by atoms with Gasteiger partial charge in [-0.1, -0.05) is 0 Å². The molecule has 1 atom stereocenters. The Labute approximate surface area is 95.1 Å². The standard InChI is InChI=1S/C13H16FNO/c1-15(2)6-5-9-7-10-8-11(14)3-4-12(10)13(9)16/h3-4,8-9H,5-7H2,1-2H3. The van der Waals surface area contributed by atoms with Crippen molar-refractivity contribution in [2.24, 2.45) is 5.92 Å². The molecule has 0 aromatic heterocycles. The van der Waals surface area contributed by atoms with Crippen molar-refractivity contribution in [1.29, 1.82) is 0 Å². The van der Waals surface area contributed by atoms with Gasteiger partial charge in [0.1, 0.15) is 5.82 Å². The topological polar surface area (TPSA) is 20.3 Å². The van der Waals surface area contributed by atoms with E-state index in [1.807, 2.05) is 14.1 Å². The molecule has 0 radical (unpaired) electrons. The number of nitrogens with zero attached hydrogens (tertiary/aromatic N) is 1. The largest absolute Gasteiger partial charge is 0.309 e. The highest BCUT2D eigenvalue weighted by Gasteiger charge is 2.30. The molecule has 86 valence electrons. The summed E-state index contributed by atoms with van der Waals surface area (Å²) >= 11 is 0. The molecule has 1 aromatic rings. The molecule has 1 unspecified atom stereocenters. The molecule has 0 bridgehead atoms. The summed E-state index contributed by atoms with van der Waals surface area (Å²) < 4.78 is 13.0. The Hall–Kier alpha value is -1.22. The predicted molar refractivity (Wildman–Crippen MR) is 61.1 cm³/mol. The Morgan fingerprint density at radius 2 is 2.19 bits per heavy atom. The van der Waals surface area contributed by atoms with Crippen molar-refractivity contribution in [2.75, 3.05) is 20.6 Å². The monoisotopic (exact) mass is 221 g/mol. The number of fused-ring (bicyclic) bond motifs is 1. The van der Waals surface area contributed by atoms with Crippen LogP contribution < -0.4 is 0 Å². The Morgan fingerprint density at radius 1 is 1.44 bits per heavy atom. The van der Waals surface area contributed by atoms with Gasteiger partial charge in [-0.25, -0.2) is 4.39 Å². The van der Waals surface area contributed by atoms with Crippen molar-refractivity contribution in [2.45, 2.75) is 12.8 Å². The van der Waals surface area contributed by atoms with Gasteiger partial charge in [-0.05, 0) is 57.2 Å². The zero-order valence-electron chi connectivity index (χ0n) is 9.66. The van der Waals surface area contributed by atoms with Crippen LogP contribution in [0.3, 0.4) is 0 Å². The molecule has 0 amide bonds. The van der Waals surface area contributed by atoms with Crippen LogP contribution in [0.15, 0.2) is 18.2 Å². The van der Waals surface area contributed by atoms with Gasteiger partial charge in [0.25, 0.3) is 0 Å². The SMILES string of the molecule is CN(C)CCC1Cc2cc(F)ccc2C1=O. The molecule has 0 heterocycles. The molecule has 1 aliphatic carbocycles. The van der Waals surface area contributed by atoms with E-state index in [9.17, 15) is 9.18 Å². The Kier molecular flexibility index (Phi) is 3.06. The molecule has 0 spiro atoms. The summed E-state index contributed by atoms with van der Waals surface area (Å²) in [5.74, 6) is -0.0316. The lowest BCUT2D eigenvalue weighted by atomic mass is 10.0. The van der Waals surface area contributed by atoms with Crippen LogP contribution in [-0.4, -0.2) is 31.3 Å². The fraction of sp³-hybridized carbons (Fsp3) is 0.462. The number of benzene rings is 1. The van der Waals surface area contributed by atoms with E-state index in [-0.39, 0.29) is 17.5 Å². The van der Waals surface area contributed by atoms with E-state index in [1.54, 1.807) is 6.07 Å². The highest BCUT2D eigenvalue weighted by atomic mass is 19.1. The number of hydrogen-bond acceptors (Lipinski definition) is 2. The normalized spacial score (nSPS) is 19.2. The fourth-order valence-corrected chi connectivity index (χ4v) is 2.20. The summed E-state index contributed by atoms with van der Waals surface area (Å²) in [6, 6.07) is 4.47. The minimum Gasteiger partial charge on any atom is -0.309 e.